The van der Waals surface area contributed by atoms with Crippen LogP contribution in [0.25, 0.3) is 0 Å². The molecule has 0 spiro atoms. The second-order valence-electron chi connectivity index (χ2n) is 4.74. The molecular weight excluding hydrogens is 294 g/mol. The summed E-state index contributed by atoms with van der Waals surface area (Å²) >= 11 is 0. The van der Waals surface area contributed by atoms with E-state index in [9.17, 15) is 13.6 Å². The molecule has 1 aromatic heterocycles. The Hall–Kier alpha value is -2.64. The number of halogens is 2. The molecule has 2 N–H and O–H groups in total. The monoisotopic (exact) mass is 310 g/mol. The largest absolute Gasteiger partial charge is 0.478 e. The number of rotatable bonds is 4. The van der Waals surface area contributed by atoms with Gasteiger partial charge in [0.25, 0.3) is 5.88 Å². The summed E-state index contributed by atoms with van der Waals surface area (Å²) in [4.78, 5) is 11.8. The van der Waals surface area contributed by atoms with Crippen molar-refractivity contribution in [3.8, 4) is 5.88 Å². The summed E-state index contributed by atoms with van der Waals surface area (Å²) in [6.07, 6.45) is 1.55. The van der Waals surface area contributed by atoms with Gasteiger partial charge in [0, 0.05) is 12.6 Å². The number of carbonyl (C=O) groups is 1. The van der Waals surface area contributed by atoms with E-state index >= 15 is 0 Å². The molecule has 0 aliphatic heterocycles. The number of anilines is 1. The van der Waals surface area contributed by atoms with Gasteiger partial charge in [0.05, 0.1) is 19.9 Å². The Morgan fingerprint density at radius 2 is 2.00 bits per heavy atom. The van der Waals surface area contributed by atoms with Gasteiger partial charge in [0.2, 0.25) is 0 Å². The number of aryl methyl sites for hydroxylation is 2. The SMILES string of the molecule is COc1nn(C)cc1NC(=O)NCc1c(F)cc(C)cc1F. The minimum absolute atomic E-state index is 0.195. The highest BCUT2D eigenvalue weighted by Crippen LogP contribution is 2.21. The molecule has 2 aromatic rings. The van der Waals surface area contributed by atoms with Gasteiger partial charge in [0.15, 0.2) is 0 Å². The number of methoxy groups -OCH3 is 1. The molecule has 0 saturated carbocycles. The number of aromatic nitrogens is 2. The molecule has 0 radical (unpaired) electrons. The lowest BCUT2D eigenvalue weighted by Crippen LogP contribution is -2.29. The number of benzene rings is 1. The van der Waals surface area contributed by atoms with Crippen LogP contribution in [0.5, 0.6) is 5.88 Å². The van der Waals surface area contributed by atoms with E-state index in [4.69, 9.17) is 4.74 Å². The molecule has 8 heteroatoms. The first kappa shape index (κ1) is 15.7. The zero-order chi connectivity index (χ0) is 16.3. The number of hydrogen-bond acceptors (Lipinski definition) is 3. The quantitative estimate of drug-likeness (QED) is 0.911. The Morgan fingerprint density at radius 3 is 2.59 bits per heavy atom. The van der Waals surface area contributed by atoms with Gasteiger partial charge < -0.3 is 15.4 Å². The second kappa shape index (κ2) is 6.42. The number of urea groups is 1. The van der Waals surface area contributed by atoms with Crippen molar-refractivity contribution in [2.45, 2.75) is 13.5 Å². The molecule has 0 saturated heterocycles. The first-order valence-electron chi connectivity index (χ1n) is 6.47. The van der Waals surface area contributed by atoms with Crippen LogP contribution in [-0.2, 0) is 13.6 Å². The normalized spacial score (nSPS) is 10.4. The van der Waals surface area contributed by atoms with Gasteiger partial charge in [-0.2, -0.15) is 0 Å². The van der Waals surface area contributed by atoms with E-state index in [0.29, 0.717) is 11.3 Å². The molecule has 0 atom stereocenters. The van der Waals surface area contributed by atoms with E-state index in [1.54, 1.807) is 20.2 Å². The standard InChI is InChI=1S/C14H16F2N4O2/c1-8-4-10(15)9(11(16)5-8)6-17-14(21)18-12-7-20(2)19-13(12)22-3/h4-5,7H,6H2,1-3H3,(H2,17,18,21). The first-order chi connectivity index (χ1) is 10.4. The molecule has 0 unspecified atom stereocenters. The predicted octanol–water partition coefficient (Wildman–Crippen LogP) is 2.34. The predicted molar refractivity (Wildman–Crippen MR) is 76.7 cm³/mol. The first-order valence-corrected chi connectivity index (χ1v) is 6.47. The molecule has 1 heterocycles. The summed E-state index contributed by atoms with van der Waals surface area (Å²) in [5.74, 6) is -1.15. The molecule has 1 aromatic carbocycles. The highest BCUT2D eigenvalue weighted by Gasteiger charge is 2.14. The van der Waals surface area contributed by atoms with Crippen LogP contribution in [0.1, 0.15) is 11.1 Å². The molecule has 0 aliphatic rings. The van der Waals surface area contributed by atoms with Crippen molar-refractivity contribution in [1.29, 1.82) is 0 Å². The van der Waals surface area contributed by atoms with Crippen LogP contribution < -0.4 is 15.4 Å². The van der Waals surface area contributed by atoms with E-state index in [1.165, 1.54) is 23.9 Å². The van der Waals surface area contributed by atoms with E-state index in [-0.39, 0.29) is 18.0 Å². The van der Waals surface area contributed by atoms with Crippen molar-refractivity contribution in [2.75, 3.05) is 12.4 Å². The third kappa shape index (κ3) is 3.51. The molecule has 2 amide bonds. The van der Waals surface area contributed by atoms with Gasteiger partial charge in [-0.25, -0.2) is 13.6 Å². The Labute approximate surface area is 126 Å². The van der Waals surface area contributed by atoms with Gasteiger partial charge in [-0.1, -0.05) is 0 Å². The average molecular weight is 310 g/mol. The maximum atomic E-state index is 13.7. The van der Waals surface area contributed by atoms with E-state index in [0.717, 1.165) is 0 Å². The van der Waals surface area contributed by atoms with Crippen molar-refractivity contribution >= 4 is 11.7 Å². The summed E-state index contributed by atoms with van der Waals surface area (Å²) in [6, 6.07) is 1.80. The van der Waals surface area contributed by atoms with Crippen molar-refractivity contribution < 1.29 is 18.3 Å². The Bertz CT molecular complexity index is 677. The van der Waals surface area contributed by atoms with Gasteiger partial charge in [-0.3, -0.25) is 4.68 Å². The zero-order valence-corrected chi connectivity index (χ0v) is 12.4. The maximum absolute atomic E-state index is 13.7. The number of carbonyl (C=O) groups excluding carboxylic acids is 1. The van der Waals surface area contributed by atoms with Gasteiger partial charge in [0.1, 0.15) is 17.3 Å². The zero-order valence-electron chi connectivity index (χ0n) is 12.4. The smallest absolute Gasteiger partial charge is 0.319 e. The number of nitrogens with zero attached hydrogens (tertiary/aromatic N) is 2. The lowest BCUT2D eigenvalue weighted by Gasteiger charge is -2.09. The Balaban J connectivity index is 2.01. The van der Waals surface area contributed by atoms with E-state index < -0.39 is 17.7 Å². The molecule has 22 heavy (non-hydrogen) atoms. The van der Waals surface area contributed by atoms with Crippen molar-refractivity contribution in [3.63, 3.8) is 0 Å². The van der Waals surface area contributed by atoms with Crippen LogP contribution in [-0.4, -0.2) is 22.9 Å². The third-order valence-electron chi connectivity index (χ3n) is 2.95. The van der Waals surface area contributed by atoms with Gasteiger partial charge in [-0.15, -0.1) is 5.10 Å². The lowest BCUT2D eigenvalue weighted by molar-refractivity contribution is 0.251. The fourth-order valence-electron chi connectivity index (χ4n) is 1.94. The fraction of sp³-hybridized carbons (Fsp3) is 0.286. The van der Waals surface area contributed by atoms with Crippen LogP contribution in [0.4, 0.5) is 19.3 Å². The number of ether oxygens (including phenoxy) is 1. The minimum atomic E-state index is -0.697. The van der Waals surface area contributed by atoms with Crippen LogP contribution in [0.2, 0.25) is 0 Å². The Kier molecular flexibility index (Phi) is 4.59. The summed E-state index contributed by atoms with van der Waals surface area (Å²) in [5, 5.41) is 8.86. The molecule has 0 aliphatic carbocycles. The van der Waals surface area contributed by atoms with Crippen LogP contribution in [0.15, 0.2) is 18.3 Å². The average Bonchev–Trinajstić information content (AvgIpc) is 2.77. The fourth-order valence-corrected chi connectivity index (χ4v) is 1.94. The maximum Gasteiger partial charge on any atom is 0.319 e. The molecule has 0 fully saturated rings. The number of hydrogen-bond donors (Lipinski definition) is 2. The molecule has 118 valence electrons. The van der Waals surface area contributed by atoms with E-state index in [1.807, 2.05) is 0 Å². The van der Waals surface area contributed by atoms with Crippen LogP contribution >= 0.6 is 0 Å². The highest BCUT2D eigenvalue weighted by atomic mass is 19.1. The van der Waals surface area contributed by atoms with Crippen LogP contribution in [0.3, 0.4) is 0 Å². The topological polar surface area (TPSA) is 68.2 Å². The second-order valence-corrected chi connectivity index (χ2v) is 4.74. The lowest BCUT2D eigenvalue weighted by atomic mass is 10.1. The number of amides is 2. The van der Waals surface area contributed by atoms with E-state index in [2.05, 4.69) is 15.7 Å². The summed E-state index contributed by atoms with van der Waals surface area (Å²) in [5.41, 5.74) is 0.634. The molecule has 0 bridgehead atoms. The minimum Gasteiger partial charge on any atom is -0.478 e. The summed E-state index contributed by atoms with van der Waals surface area (Å²) in [7, 11) is 3.09. The van der Waals surface area contributed by atoms with Crippen LogP contribution in [0, 0.1) is 18.6 Å². The number of nitrogens with one attached hydrogen (secondary N) is 2. The summed E-state index contributed by atoms with van der Waals surface area (Å²) < 4.78 is 33.8. The highest BCUT2D eigenvalue weighted by molar-refractivity contribution is 5.90. The molecular formula is C14H16F2N4O2. The summed E-state index contributed by atoms with van der Waals surface area (Å²) in [6.45, 7) is 1.32. The molecule has 2 rings (SSSR count). The van der Waals surface area contributed by atoms with Crippen molar-refractivity contribution in [3.05, 3.63) is 41.1 Å². The molecule has 6 nitrogen and oxygen atoms in total. The third-order valence-corrected chi connectivity index (χ3v) is 2.95. The van der Waals surface area contributed by atoms with Crippen molar-refractivity contribution in [1.82, 2.24) is 15.1 Å². The van der Waals surface area contributed by atoms with Gasteiger partial charge in [-0.05, 0) is 24.6 Å². The Morgan fingerprint density at radius 1 is 1.36 bits per heavy atom. The van der Waals surface area contributed by atoms with Crippen molar-refractivity contribution in [2.24, 2.45) is 7.05 Å². The van der Waals surface area contributed by atoms with Gasteiger partial charge >= 0.3 is 6.03 Å².